The number of aryl methyl sites for hydroxylation is 1. The molecule has 9 heteroatoms. The fraction of sp³-hybridized carbons (Fsp3) is 0.450. The second-order valence-electron chi connectivity index (χ2n) is 7.68. The standard InChI is InChI=1S/C20H27N7O2/c1-27-6-2-3-12-7-13(4-5-17(12)27)24-19-16(18(21)29)10-23-20(26-19)25-14-8-15(11-28)22-9-14/h4-5,7,10,14-15,22,28H,2-3,6,8-9,11H2,1H3,(H2,21,29)(H2,23,24,25,26). The molecule has 29 heavy (non-hydrogen) atoms. The van der Waals surface area contributed by atoms with Crippen molar-refractivity contribution >= 4 is 29.0 Å². The van der Waals surface area contributed by atoms with E-state index in [2.05, 4.69) is 50.0 Å². The summed E-state index contributed by atoms with van der Waals surface area (Å²) in [6.45, 7) is 1.87. The molecule has 0 aliphatic carbocycles. The van der Waals surface area contributed by atoms with Crippen molar-refractivity contribution in [2.45, 2.75) is 31.3 Å². The molecule has 1 aromatic heterocycles. The highest BCUT2D eigenvalue weighted by Crippen LogP contribution is 2.30. The van der Waals surface area contributed by atoms with Gasteiger partial charge in [-0.25, -0.2) is 4.98 Å². The van der Waals surface area contributed by atoms with Crippen LogP contribution >= 0.6 is 0 Å². The molecule has 0 saturated carbocycles. The van der Waals surface area contributed by atoms with Crippen molar-refractivity contribution in [3.8, 4) is 0 Å². The number of benzene rings is 1. The number of nitrogens with zero attached hydrogens (tertiary/aromatic N) is 3. The molecule has 4 rings (SSSR count). The lowest BCUT2D eigenvalue weighted by Crippen LogP contribution is -2.25. The molecule has 1 saturated heterocycles. The third-order valence-corrected chi connectivity index (χ3v) is 5.52. The van der Waals surface area contributed by atoms with Crippen LogP contribution in [-0.2, 0) is 6.42 Å². The summed E-state index contributed by atoms with van der Waals surface area (Å²) in [5.74, 6) is 0.212. The number of fused-ring (bicyclic) bond motifs is 1. The van der Waals surface area contributed by atoms with Crippen LogP contribution in [0.1, 0.15) is 28.8 Å². The molecule has 9 nitrogen and oxygen atoms in total. The molecule has 3 heterocycles. The van der Waals surface area contributed by atoms with Gasteiger partial charge in [-0.1, -0.05) is 0 Å². The molecule has 0 radical (unpaired) electrons. The summed E-state index contributed by atoms with van der Waals surface area (Å²) < 4.78 is 0. The van der Waals surface area contributed by atoms with Crippen LogP contribution in [0.15, 0.2) is 24.4 Å². The van der Waals surface area contributed by atoms with Crippen molar-refractivity contribution in [2.24, 2.45) is 5.73 Å². The van der Waals surface area contributed by atoms with Crippen molar-refractivity contribution in [1.82, 2.24) is 15.3 Å². The van der Waals surface area contributed by atoms with Crippen LogP contribution in [0.4, 0.5) is 23.1 Å². The van der Waals surface area contributed by atoms with E-state index < -0.39 is 5.91 Å². The average molecular weight is 397 g/mol. The lowest BCUT2D eigenvalue weighted by molar-refractivity contribution is 0.100. The van der Waals surface area contributed by atoms with Gasteiger partial charge in [0.1, 0.15) is 11.4 Å². The average Bonchev–Trinajstić information content (AvgIpc) is 3.15. The molecule has 2 aliphatic heterocycles. The molecule has 0 spiro atoms. The number of hydrogen-bond donors (Lipinski definition) is 5. The highest BCUT2D eigenvalue weighted by atomic mass is 16.3. The Kier molecular flexibility index (Phi) is 5.50. The summed E-state index contributed by atoms with van der Waals surface area (Å²) in [6.07, 6.45) is 4.36. The first-order chi connectivity index (χ1) is 14.0. The molecule has 1 aromatic carbocycles. The number of rotatable bonds is 6. The van der Waals surface area contributed by atoms with Gasteiger partial charge in [0, 0.05) is 49.8 Å². The van der Waals surface area contributed by atoms with Crippen molar-refractivity contribution in [3.63, 3.8) is 0 Å². The summed E-state index contributed by atoms with van der Waals surface area (Å²) in [4.78, 5) is 22.8. The fourth-order valence-electron chi connectivity index (χ4n) is 3.98. The Bertz CT molecular complexity index is 904. The molecule has 1 fully saturated rings. The van der Waals surface area contributed by atoms with Crippen molar-refractivity contribution in [3.05, 3.63) is 35.5 Å². The monoisotopic (exact) mass is 397 g/mol. The third kappa shape index (κ3) is 4.25. The van der Waals surface area contributed by atoms with Gasteiger partial charge in [-0.3, -0.25) is 4.79 Å². The van der Waals surface area contributed by atoms with Crippen LogP contribution in [0.5, 0.6) is 0 Å². The molecule has 6 N–H and O–H groups in total. The Morgan fingerprint density at radius 3 is 3.07 bits per heavy atom. The minimum Gasteiger partial charge on any atom is -0.395 e. The smallest absolute Gasteiger partial charge is 0.254 e. The fourth-order valence-corrected chi connectivity index (χ4v) is 3.98. The normalized spacial score (nSPS) is 21.0. The molecule has 154 valence electrons. The summed E-state index contributed by atoms with van der Waals surface area (Å²) in [6, 6.07) is 6.34. The zero-order chi connectivity index (χ0) is 20.4. The van der Waals surface area contributed by atoms with Gasteiger partial charge in [0.05, 0.1) is 6.61 Å². The number of primary amides is 1. The lowest BCUT2D eigenvalue weighted by atomic mass is 10.0. The Morgan fingerprint density at radius 1 is 1.45 bits per heavy atom. The number of nitrogens with one attached hydrogen (secondary N) is 3. The number of aliphatic hydroxyl groups is 1. The highest BCUT2D eigenvalue weighted by molar-refractivity contribution is 5.98. The molecule has 2 aromatic rings. The number of nitrogens with two attached hydrogens (primary N) is 1. The van der Waals surface area contributed by atoms with Gasteiger partial charge in [0.25, 0.3) is 5.91 Å². The van der Waals surface area contributed by atoms with E-state index in [1.54, 1.807) is 0 Å². The topological polar surface area (TPSA) is 128 Å². The second kappa shape index (κ2) is 8.22. The van der Waals surface area contributed by atoms with Crippen LogP contribution in [0.25, 0.3) is 0 Å². The SMILES string of the molecule is CN1CCCc2cc(Nc3nc(NC4CNC(CO)C4)ncc3C(N)=O)ccc21. The van der Waals surface area contributed by atoms with E-state index in [9.17, 15) is 9.90 Å². The molecule has 0 bridgehead atoms. The summed E-state index contributed by atoms with van der Waals surface area (Å²) >= 11 is 0. The van der Waals surface area contributed by atoms with Crippen molar-refractivity contribution in [2.75, 3.05) is 42.3 Å². The number of amides is 1. The number of carbonyl (C=O) groups is 1. The largest absolute Gasteiger partial charge is 0.395 e. The van der Waals surface area contributed by atoms with E-state index in [1.165, 1.54) is 17.4 Å². The molecule has 1 amide bonds. The quantitative estimate of drug-likeness (QED) is 0.485. The van der Waals surface area contributed by atoms with Gasteiger partial charge in [0.15, 0.2) is 0 Å². The van der Waals surface area contributed by atoms with Crippen LogP contribution in [-0.4, -0.2) is 59.8 Å². The Labute approximate surface area is 169 Å². The molecule has 2 atom stereocenters. The maximum absolute atomic E-state index is 11.9. The van der Waals surface area contributed by atoms with Crippen LogP contribution in [0.3, 0.4) is 0 Å². The third-order valence-electron chi connectivity index (χ3n) is 5.52. The van der Waals surface area contributed by atoms with Crippen molar-refractivity contribution < 1.29 is 9.90 Å². The van der Waals surface area contributed by atoms with Gasteiger partial charge in [-0.2, -0.15) is 4.98 Å². The van der Waals surface area contributed by atoms with E-state index in [0.717, 1.165) is 31.5 Å². The first-order valence-corrected chi connectivity index (χ1v) is 9.92. The van der Waals surface area contributed by atoms with Gasteiger partial charge >= 0.3 is 0 Å². The Balaban J connectivity index is 1.56. The van der Waals surface area contributed by atoms with Crippen LogP contribution in [0.2, 0.25) is 0 Å². The molecule has 2 unspecified atom stereocenters. The van der Waals surface area contributed by atoms with E-state index in [-0.39, 0.29) is 24.3 Å². The molecular formula is C20H27N7O2. The lowest BCUT2D eigenvalue weighted by Gasteiger charge is -2.28. The van der Waals surface area contributed by atoms with Gasteiger partial charge in [-0.05, 0) is 43.0 Å². The minimum atomic E-state index is -0.584. The summed E-state index contributed by atoms with van der Waals surface area (Å²) in [5, 5.41) is 19.0. The number of anilines is 4. The molecular weight excluding hydrogens is 370 g/mol. The van der Waals surface area contributed by atoms with E-state index in [0.29, 0.717) is 18.3 Å². The van der Waals surface area contributed by atoms with E-state index in [4.69, 9.17) is 5.73 Å². The summed E-state index contributed by atoms with van der Waals surface area (Å²) in [7, 11) is 2.10. The Morgan fingerprint density at radius 2 is 2.31 bits per heavy atom. The number of hydrogen-bond acceptors (Lipinski definition) is 8. The number of aliphatic hydroxyl groups excluding tert-OH is 1. The number of carbonyl (C=O) groups excluding carboxylic acids is 1. The number of aromatic nitrogens is 2. The first kappa shape index (κ1) is 19.4. The molecule has 2 aliphatic rings. The van der Waals surface area contributed by atoms with Crippen LogP contribution in [0, 0.1) is 0 Å². The predicted octanol–water partition coefficient (Wildman–Crippen LogP) is 0.836. The first-order valence-electron chi connectivity index (χ1n) is 9.92. The predicted molar refractivity (Wildman–Crippen MR) is 113 cm³/mol. The zero-order valence-electron chi connectivity index (χ0n) is 16.5. The van der Waals surface area contributed by atoms with E-state index >= 15 is 0 Å². The maximum Gasteiger partial charge on any atom is 0.254 e. The summed E-state index contributed by atoms with van der Waals surface area (Å²) in [5.41, 5.74) is 9.12. The second-order valence-corrected chi connectivity index (χ2v) is 7.68. The van der Waals surface area contributed by atoms with Gasteiger partial charge < -0.3 is 31.7 Å². The van der Waals surface area contributed by atoms with E-state index in [1.807, 2.05) is 6.07 Å². The minimum absolute atomic E-state index is 0.0728. The maximum atomic E-state index is 11.9. The van der Waals surface area contributed by atoms with Crippen molar-refractivity contribution in [1.29, 1.82) is 0 Å². The van der Waals surface area contributed by atoms with Gasteiger partial charge in [-0.15, -0.1) is 0 Å². The highest BCUT2D eigenvalue weighted by Gasteiger charge is 2.24. The zero-order valence-corrected chi connectivity index (χ0v) is 16.5. The Hall–Kier alpha value is -2.91. The van der Waals surface area contributed by atoms with Crippen LogP contribution < -0.4 is 26.6 Å². The van der Waals surface area contributed by atoms with Gasteiger partial charge in [0.2, 0.25) is 5.95 Å².